The van der Waals surface area contributed by atoms with E-state index in [1.807, 2.05) is 55.1 Å². The monoisotopic (exact) mass is 368 g/mol. The van der Waals surface area contributed by atoms with Gasteiger partial charge in [-0.2, -0.15) is 0 Å². The summed E-state index contributed by atoms with van der Waals surface area (Å²) in [5.41, 5.74) is 3.09. The lowest BCUT2D eigenvalue weighted by molar-refractivity contribution is -0.0586. The normalized spacial score (nSPS) is 19.7. The number of amides is 1. The van der Waals surface area contributed by atoms with E-state index in [4.69, 9.17) is 9.47 Å². The standard InChI is InChI=1S/C22H28N2O3/c1-16-14-24(15-17(2)27-16)22(25)20-8-4-18(5-9-20)12-23-13-19-6-10-21(26-3)11-7-19/h4-11,16-17,23H,12-15H2,1-3H3/t16-,17-/m1/s1. The van der Waals surface area contributed by atoms with E-state index in [9.17, 15) is 4.79 Å². The van der Waals surface area contributed by atoms with Crippen molar-refractivity contribution in [3.05, 3.63) is 65.2 Å². The molecule has 1 amide bonds. The fourth-order valence-electron chi connectivity index (χ4n) is 3.39. The van der Waals surface area contributed by atoms with Crippen molar-refractivity contribution in [2.75, 3.05) is 20.2 Å². The molecule has 5 nitrogen and oxygen atoms in total. The second kappa shape index (κ2) is 9.02. The molecule has 0 bridgehead atoms. The number of rotatable bonds is 6. The van der Waals surface area contributed by atoms with Crippen molar-refractivity contribution in [1.29, 1.82) is 0 Å². The van der Waals surface area contributed by atoms with Crippen LogP contribution >= 0.6 is 0 Å². The van der Waals surface area contributed by atoms with Crippen LogP contribution in [-0.4, -0.2) is 43.2 Å². The van der Waals surface area contributed by atoms with E-state index in [0.717, 1.165) is 30.0 Å². The molecule has 1 fully saturated rings. The van der Waals surface area contributed by atoms with Crippen molar-refractivity contribution in [2.24, 2.45) is 0 Å². The molecule has 1 saturated heterocycles. The highest BCUT2D eigenvalue weighted by molar-refractivity contribution is 5.94. The molecule has 0 aromatic heterocycles. The van der Waals surface area contributed by atoms with Gasteiger partial charge < -0.3 is 19.7 Å². The summed E-state index contributed by atoms with van der Waals surface area (Å²) in [6.07, 6.45) is 0.165. The number of hydrogen-bond acceptors (Lipinski definition) is 4. The quantitative estimate of drug-likeness (QED) is 0.850. The predicted octanol–water partition coefficient (Wildman–Crippen LogP) is 3.23. The van der Waals surface area contributed by atoms with Gasteiger partial charge in [0.25, 0.3) is 5.91 Å². The lowest BCUT2D eigenvalue weighted by Crippen LogP contribution is -2.48. The number of methoxy groups -OCH3 is 1. The van der Waals surface area contributed by atoms with Crippen molar-refractivity contribution in [3.8, 4) is 5.75 Å². The van der Waals surface area contributed by atoms with Gasteiger partial charge in [-0.15, -0.1) is 0 Å². The van der Waals surface area contributed by atoms with Crippen molar-refractivity contribution in [3.63, 3.8) is 0 Å². The molecule has 0 unspecified atom stereocenters. The van der Waals surface area contributed by atoms with Gasteiger partial charge in [0.15, 0.2) is 0 Å². The van der Waals surface area contributed by atoms with Crippen LogP contribution in [0.1, 0.15) is 35.3 Å². The Morgan fingerprint density at radius 1 is 1.00 bits per heavy atom. The molecule has 2 aromatic carbocycles. The Kier molecular flexibility index (Phi) is 6.48. The third-order valence-electron chi connectivity index (χ3n) is 4.73. The van der Waals surface area contributed by atoms with Gasteiger partial charge in [0, 0.05) is 31.7 Å². The summed E-state index contributed by atoms with van der Waals surface area (Å²) in [5, 5.41) is 3.43. The van der Waals surface area contributed by atoms with Crippen LogP contribution in [0.25, 0.3) is 0 Å². The van der Waals surface area contributed by atoms with E-state index in [1.54, 1.807) is 7.11 Å². The molecule has 2 atom stereocenters. The Morgan fingerprint density at radius 3 is 2.04 bits per heavy atom. The zero-order chi connectivity index (χ0) is 19.2. The minimum atomic E-state index is 0.0785. The Labute approximate surface area is 161 Å². The van der Waals surface area contributed by atoms with E-state index in [1.165, 1.54) is 5.56 Å². The van der Waals surface area contributed by atoms with Crippen molar-refractivity contribution in [1.82, 2.24) is 10.2 Å². The highest BCUT2D eigenvalue weighted by Crippen LogP contribution is 2.15. The largest absolute Gasteiger partial charge is 0.497 e. The van der Waals surface area contributed by atoms with Crippen LogP contribution in [0.3, 0.4) is 0 Å². The van der Waals surface area contributed by atoms with Crippen LogP contribution < -0.4 is 10.1 Å². The molecule has 3 rings (SSSR count). The minimum Gasteiger partial charge on any atom is -0.497 e. The molecule has 0 aliphatic carbocycles. The van der Waals surface area contributed by atoms with E-state index < -0.39 is 0 Å². The second-order valence-corrected chi connectivity index (χ2v) is 7.12. The topological polar surface area (TPSA) is 50.8 Å². The average molecular weight is 368 g/mol. The van der Waals surface area contributed by atoms with Crippen LogP contribution in [-0.2, 0) is 17.8 Å². The van der Waals surface area contributed by atoms with Gasteiger partial charge >= 0.3 is 0 Å². The summed E-state index contributed by atoms with van der Waals surface area (Å²) in [7, 11) is 1.67. The third-order valence-corrected chi connectivity index (χ3v) is 4.73. The summed E-state index contributed by atoms with van der Waals surface area (Å²) in [4.78, 5) is 14.6. The highest BCUT2D eigenvalue weighted by Gasteiger charge is 2.26. The highest BCUT2D eigenvalue weighted by atomic mass is 16.5. The molecule has 2 aromatic rings. The smallest absolute Gasteiger partial charge is 0.254 e. The first-order valence-electron chi connectivity index (χ1n) is 9.42. The zero-order valence-corrected chi connectivity index (χ0v) is 16.3. The number of ether oxygens (including phenoxy) is 2. The molecule has 0 spiro atoms. The summed E-state index contributed by atoms with van der Waals surface area (Å²) >= 11 is 0. The molecular formula is C22H28N2O3. The average Bonchev–Trinajstić information content (AvgIpc) is 2.68. The lowest BCUT2D eigenvalue weighted by atomic mass is 10.1. The molecule has 5 heteroatoms. The van der Waals surface area contributed by atoms with Gasteiger partial charge in [0.1, 0.15) is 5.75 Å². The molecular weight excluding hydrogens is 340 g/mol. The van der Waals surface area contributed by atoms with E-state index >= 15 is 0 Å². The molecule has 1 aliphatic heterocycles. The zero-order valence-electron chi connectivity index (χ0n) is 16.3. The van der Waals surface area contributed by atoms with Gasteiger partial charge in [0.2, 0.25) is 0 Å². The number of hydrogen-bond donors (Lipinski definition) is 1. The second-order valence-electron chi connectivity index (χ2n) is 7.12. The molecule has 0 radical (unpaired) electrons. The number of nitrogens with zero attached hydrogens (tertiary/aromatic N) is 1. The van der Waals surface area contributed by atoms with Gasteiger partial charge in [-0.3, -0.25) is 4.79 Å². The molecule has 1 aliphatic rings. The van der Waals surface area contributed by atoms with Gasteiger partial charge in [-0.25, -0.2) is 0 Å². The molecule has 144 valence electrons. The first-order valence-corrected chi connectivity index (χ1v) is 9.42. The first-order chi connectivity index (χ1) is 13.0. The molecule has 1 heterocycles. The molecule has 0 saturated carbocycles. The van der Waals surface area contributed by atoms with Gasteiger partial charge in [0.05, 0.1) is 19.3 Å². The lowest BCUT2D eigenvalue weighted by Gasteiger charge is -2.35. The Morgan fingerprint density at radius 2 is 1.52 bits per heavy atom. The Hall–Kier alpha value is -2.37. The van der Waals surface area contributed by atoms with Gasteiger partial charge in [-0.1, -0.05) is 24.3 Å². The van der Waals surface area contributed by atoms with Crippen molar-refractivity contribution >= 4 is 5.91 Å². The number of carbonyl (C=O) groups excluding carboxylic acids is 1. The van der Waals surface area contributed by atoms with Crippen LogP contribution in [0.5, 0.6) is 5.75 Å². The molecule has 1 N–H and O–H groups in total. The minimum absolute atomic E-state index is 0.0785. The summed E-state index contributed by atoms with van der Waals surface area (Å²) < 4.78 is 10.9. The fourth-order valence-corrected chi connectivity index (χ4v) is 3.39. The summed E-state index contributed by atoms with van der Waals surface area (Å²) in [6.45, 7) is 6.85. The van der Waals surface area contributed by atoms with E-state index in [2.05, 4.69) is 17.4 Å². The maximum atomic E-state index is 12.7. The SMILES string of the molecule is COc1ccc(CNCc2ccc(C(=O)N3C[C@@H](C)O[C@H](C)C3)cc2)cc1. The first kappa shape index (κ1) is 19.4. The Balaban J connectivity index is 1.51. The van der Waals surface area contributed by atoms with Crippen LogP contribution in [0.4, 0.5) is 0 Å². The number of nitrogens with one attached hydrogen (secondary N) is 1. The molecule has 27 heavy (non-hydrogen) atoms. The van der Waals surface area contributed by atoms with Crippen LogP contribution in [0.15, 0.2) is 48.5 Å². The maximum absolute atomic E-state index is 12.7. The van der Waals surface area contributed by atoms with E-state index in [-0.39, 0.29) is 18.1 Å². The van der Waals surface area contributed by atoms with Crippen molar-refractivity contribution in [2.45, 2.75) is 39.1 Å². The summed E-state index contributed by atoms with van der Waals surface area (Å²) in [6, 6.07) is 15.9. The number of morpholine rings is 1. The van der Waals surface area contributed by atoms with Gasteiger partial charge in [-0.05, 0) is 49.2 Å². The third kappa shape index (κ3) is 5.31. The summed E-state index contributed by atoms with van der Waals surface area (Å²) in [5.74, 6) is 0.942. The maximum Gasteiger partial charge on any atom is 0.254 e. The number of benzene rings is 2. The van der Waals surface area contributed by atoms with Crippen molar-refractivity contribution < 1.29 is 14.3 Å². The van der Waals surface area contributed by atoms with Crippen LogP contribution in [0.2, 0.25) is 0 Å². The number of carbonyl (C=O) groups is 1. The van der Waals surface area contributed by atoms with Crippen LogP contribution in [0, 0.1) is 0 Å². The Bertz CT molecular complexity index is 733. The van der Waals surface area contributed by atoms with E-state index in [0.29, 0.717) is 13.1 Å². The fraction of sp³-hybridized carbons (Fsp3) is 0.409. The predicted molar refractivity (Wildman–Crippen MR) is 106 cm³/mol.